The normalized spacial score (nSPS) is 10.3. The molecule has 8 heteroatoms. The number of hydrogen-bond donors (Lipinski definition) is 2. The summed E-state index contributed by atoms with van der Waals surface area (Å²) in [5, 5.41) is 20.4. The molecule has 1 aromatic heterocycles. The van der Waals surface area contributed by atoms with Crippen LogP contribution in [0.15, 0.2) is 28.6 Å². The fourth-order valence-electron chi connectivity index (χ4n) is 1.43. The van der Waals surface area contributed by atoms with E-state index in [1.54, 1.807) is 0 Å². The Balaban J connectivity index is 2.03. The smallest absolute Gasteiger partial charge is 0.313 e. The van der Waals surface area contributed by atoms with Crippen molar-refractivity contribution < 1.29 is 9.90 Å². The minimum absolute atomic E-state index is 0.00918. The molecule has 0 fully saturated rings. The highest BCUT2D eigenvalue weighted by molar-refractivity contribution is 8.01. The lowest BCUT2D eigenvalue weighted by Crippen LogP contribution is -2.08. The number of carboxylic acid groups (broad SMARTS) is 1. The van der Waals surface area contributed by atoms with Crippen LogP contribution in [-0.4, -0.2) is 41.1 Å². The van der Waals surface area contributed by atoms with E-state index in [2.05, 4.69) is 15.5 Å². The van der Waals surface area contributed by atoms with E-state index in [1.807, 2.05) is 43.3 Å². The van der Waals surface area contributed by atoms with E-state index in [-0.39, 0.29) is 5.75 Å². The molecular formula is C12H14N4O2S2. The number of rotatable bonds is 6. The van der Waals surface area contributed by atoms with Gasteiger partial charge in [-0.15, -0.1) is 10.2 Å². The maximum absolute atomic E-state index is 10.5. The van der Waals surface area contributed by atoms with Crippen LogP contribution in [-0.2, 0) is 4.79 Å². The lowest BCUT2D eigenvalue weighted by molar-refractivity contribution is -0.133. The topological polar surface area (TPSA) is 78.3 Å². The molecule has 1 heterocycles. The molecule has 0 saturated carbocycles. The van der Waals surface area contributed by atoms with Crippen LogP contribution in [0.1, 0.15) is 0 Å². The van der Waals surface area contributed by atoms with Crippen molar-refractivity contribution in [2.75, 3.05) is 30.1 Å². The molecule has 0 amide bonds. The van der Waals surface area contributed by atoms with Crippen LogP contribution in [0, 0.1) is 0 Å². The van der Waals surface area contributed by atoms with Gasteiger partial charge < -0.3 is 15.3 Å². The van der Waals surface area contributed by atoms with E-state index < -0.39 is 5.97 Å². The summed E-state index contributed by atoms with van der Waals surface area (Å²) in [6.07, 6.45) is 0. The molecule has 0 bridgehead atoms. The third-order valence-electron chi connectivity index (χ3n) is 2.34. The molecule has 1 aromatic carbocycles. The van der Waals surface area contributed by atoms with Gasteiger partial charge in [0, 0.05) is 25.5 Å². The molecule has 6 nitrogen and oxygen atoms in total. The first kappa shape index (κ1) is 14.6. The molecule has 106 valence electrons. The van der Waals surface area contributed by atoms with Crippen molar-refractivity contribution in [3.8, 4) is 0 Å². The van der Waals surface area contributed by atoms with Crippen molar-refractivity contribution in [3.63, 3.8) is 0 Å². The van der Waals surface area contributed by atoms with Crippen molar-refractivity contribution in [1.29, 1.82) is 0 Å². The molecule has 2 aromatic rings. The Morgan fingerprint density at radius 3 is 2.95 bits per heavy atom. The van der Waals surface area contributed by atoms with Gasteiger partial charge in [-0.05, 0) is 18.2 Å². The van der Waals surface area contributed by atoms with Crippen molar-refractivity contribution in [1.82, 2.24) is 10.2 Å². The third-order valence-corrected chi connectivity index (χ3v) is 4.30. The van der Waals surface area contributed by atoms with E-state index in [0.717, 1.165) is 11.4 Å². The second-order valence-corrected chi connectivity index (χ2v) is 6.33. The van der Waals surface area contributed by atoms with E-state index >= 15 is 0 Å². The first-order valence-corrected chi connectivity index (χ1v) is 7.57. The molecule has 0 atom stereocenters. The minimum Gasteiger partial charge on any atom is -0.481 e. The number of hydrogen-bond acceptors (Lipinski definition) is 7. The zero-order valence-electron chi connectivity index (χ0n) is 11.0. The van der Waals surface area contributed by atoms with Gasteiger partial charge in [0.15, 0.2) is 4.34 Å². The van der Waals surface area contributed by atoms with Crippen molar-refractivity contribution >= 4 is 45.6 Å². The van der Waals surface area contributed by atoms with Gasteiger partial charge in [0.1, 0.15) is 0 Å². The van der Waals surface area contributed by atoms with E-state index in [1.165, 1.54) is 23.1 Å². The number of benzene rings is 1. The van der Waals surface area contributed by atoms with Crippen LogP contribution < -0.4 is 10.2 Å². The highest BCUT2D eigenvalue weighted by Gasteiger charge is 2.07. The molecule has 20 heavy (non-hydrogen) atoms. The Kier molecular flexibility index (Phi) is 4.80. The Morgan fingerprint density at radius 1 is 1.45 bits per heavy atom. The number of anilines is 3. The van der Waals surface area contributed by atoms with Gasteiger partial charge in [0.05, 0.1) is 5.75 Å². The second-order valence-electron chi connectivity index (χ2n) is 4.13. The minimum atomic E-state index is -0.863. The van der Waals surface area contributed by atoms with E-state index in [0.29, 0.717) is 9.47 Å². The molecule has 0 radical (unpaired) electrons. The summed E-state index contributed by atoms with van der Waals surface area (Å²) >= 11 is 2.50. The van der Waals surface area contributed by atoms with Crippen LogP contribution in [0.25, 0.3) is 0 Å². The predicted octanol–water partition coefficient (Wildman–Crippen LogP) is 2.52. The van der Waals surface area contributed by atoms with Crippen LogP contribution >= 0.6 is 23.1 Å². The standard InChI is InChI=1S/C12H14N4O2S2/c1-16(2)9-5-3-4-8(6-9)13-11-14-15-12(20-11)19-7-10(17)18/h3-6H,7H2,1-2H3,(H,13,14)(H,17,18). The van der Waals surface area contributed by atoms with Crippen LogP contribution in [0.3, 0.4) is 0 Å². The van der Waals surface area contributed by atoms with Crippen LogP contribution in [0.2, 0.25) is 0 Å². The molecule has 0 aliphatic rings. The van der Waals surface area contributed by atoms with Gasteiger partial charge in [-0.25, -0.2) is 0 Å². The first-order valence-electron chi connectivity index (χ1n) is 5.77. The highest BCUT2D eigenvalue weighted by atomic mass is 32.2. The number of thioether (sulfide) groups is 1. The quantitative estimate of drug-likeness (QED) is 0.794. The number of nitrogens with zero attached hydrogens (tertiary/aromatic N) is 3. The summed E-state index contributed by atoms with van der Waals surface area (Å²) < 4.78 is 0.638. The van der Waals surface area contributed by atoms with Crippen LogP contribution in [0.4, 0.5) is 16.5 Å². The number of aromatic nitrogens is 2. The van der Waals surface area contributed by atoms with Crippen molar-refractivity contribution in [3.05, 3.63) is 24.3 Å². The summed E-state index contributed by atoms with van der Waals surface area (Å²) in [6, 6.07) is 7.92. The Bertz CT molecular complexity index is 601. The maximum atomic E-state index is 10.5. The molecule has 2 N–H and O–H groups in total. The second kappa shape index (κ2) is 6.58. The number of carboxylic acids is 1. The van der Waals surface area contributed by atoms with Gasteiger partial charge in [0.25, 0.3) is 0 Å². The lowest BCUT2D eigenvalue weighted by atomic mass is 10.2. The fourth-order valence-corrected chi connectivity index (χ4v) is 2.92. The Labute approximate surface area is 124 Å². The molecule has 0 aliphatic carbocycles. The molecule has 0 saturated heterocycles. The summed E-state index contributed by atoms with van der Waals surface area (Å²) in [4.78, 5) is 12.5. The maximum Gasteiger partial charge on any atom is 0.313 e. The lowest BCUT2D eigenvalue weighted by Gasteiger charge is -2.13. The van der Waals surface area contributed by atoms with E-state index in [9.17, 15) is 4.79 Å². The van der Waals surface area contributed by atoms with Crippen LogP contribution in [0.5, 0.6) is 0 Å². The third kappa shape index (κ3) is 4.10. The summed E-state index contributed by atoms with van der Waals surface area (Å²) in [5.74, 6) is -0.872. The summed E-state index contributed by atoms with van der Waals surface area (Å²) in [6.45, 7) is 0. The molecule has 0 unspecified atom stereocenters. The average molecular weight is 310 g/mol. The van der Waals surface area contributed by atoms with Gasteiger partial charge in [-0.2, -0.15) is 0 Å². The van der Waals surface area contributed by atoms with Crippen molar-refractivity contribution in [2.24, 2.45) is 0 Å². The Morgan fingerprint density at radius 2 is 2.25 bits per heavy atom. The molecular weight excluding hydrogens is 296 g/mol. The Hall–Kier alpha value is -1.80. The SMILES string of the molecule is CN(C)c1cccc(Nc2nnc(SCC(=O)O)s2)c1. The zero-order valence-corrected chi connectivity index (χ0v) is 12.7. The largest absolute Gasteiger partial charge is 0.481 e. The van der Waals surface area contributed by atoms with Gasteiger partial charge >= 0.3 is 5.97 Å². The van der Waals surface area contributed by atoms with Crippen molar-refractivity contribution in [2.45, 2.75) is 4.34 Å². The zero-order chi connectivity index (χ0) is 14.5. The number of carbonyl (C=O) groups is 1. The van der Waals surface area contributed by atoms with Gasteiger partial charge in [-0.3, -0.25) is 4.79 Å². The molecule has 0 spiro atoms. The first-order chi connectivity index (χ1) is 9.54. The van der Waals surface area contributed by atoms with E-state index in [4.69, 9.17) is 5.11 Å². The van der Waals surface area contributed by atoms with Gasteiger partial charge in [-0.1, -0.05) is 29.2 Å². The predicted molar refractivity (Wildman–Crippen MR) is 82.3 cm³/mol. The van der Waals surface area contributed by atoms with Gasteiger partial charge in [0.2, 0.25) is 5.13 Å². The number of aliphatic carboxylic acids is 1. The molecule has 0 aliphatic heterocycles. The molecule has 2 rings (SSSR count). The fraction of sp³-hybridized carbons (Fsp3) is 0.250. The summed E-state index contributed by atoms with van der Waals surface area (Å²) in [7, 11) is 3.95. The highest BCUT2D eigenvalue weighted by Crippen LogP contribution is 2.28. The average Bonchev–Trinajstić information content (AvgIpc) is 2.84. The number of nitrogens with one attached hydrogen (secondary N) is 1. The summed E-state index contributed by atoms with van der Waals surface area (Å²) in [5.41, 5.74) is 2.00. The monoisotopic (exact) mass is 310 g/mol.